The minimum Gasteiger partial charge on any atom is -0.395 e. The van der Waals surface area contributed by atoms with Crippen molar-refractivity contribution < 1.29 is 24.3 Å². The third-order valence-electron chi connectivity index (χ3n) is 3.90. The van der Waals surface area contributed by atoms with Gasteiger partial charge in [0.2, 0.25) is 11.8 Å². The molecule has 1 aromatic rings. The second-order valence-corrected chi connectivity index (χ2v) is 5.33. The SMILES string of the molecule is O=C1CCC(N2C(=O)c3cccc(NCCO)c3C2=O)C(=O)N1. The summed E-state index contributed by atoms with van der Waals surface area (Å²) >= 11 is 0. The van der Waals surface area contributed by atoms with E-state index in [1.165, 1.54) is 6.07 Å². The summed E-state index contributed by atoms with van der Waals surface area (Å²) in [5.41, 5.74) is 0.836. The van der Waals surface area contributed by atoms with Crippen molar-refractivity contribution in [3.8, 4) is 0 Å². The fourth-order valence-corrected chi connectivity index (χ4v) is 2.85. The molecule has 8 heteroatoms. The summed E-state index contributed by atoms with van der Waals surface area (Å²) in [5.74, 6) is -2.17. The average Bonchev–Trinajstić information content (AvgIpc) is 2.78. The lowest BCUT2D eigenvalue weighted by molar-refractivity contribution is -0.136. The van der Waals surface area contributed by atoms with Crippen LogP contribution in [0.15, 0.2) is 18.2 Å². The molecule has 1 unspecified atom stereocenters. The quantitative estimate of drug-likeness (QED) is 0.644. The van der Waals surface area contributed by atoms with Gasteiger partial charge in [-0.2, -0.15) is 0 Å². The Hall–Kier alpha value is -2.74. The van der Waals surface area contributed by atoms with Gasteiger partial charge in [0.1, 0.15) is 6.04 Å². The predicted octanol–water partition coefficient (Wildman–Crippen LogP) is -0.508. The summed E-state index contributed by atoms with van der Waals surface area (Å²) in [6.07, 6.45) is 0.203. The van der Waals surface area contributed by atoms with Crippen LogP contribution < -0.4 is 10.6 Å². The number of benzene rings is 1. The van der Waals surface area contributed by atoms with E-state index in [2.05, 4.69) is 10.6 Å². The molecule has 3 N–H and O–H groups in total. The number of hydrogen-bond acceptors (Lipinski definition) is 6. The lowest BCUT2D eigenvalue weighted by Gasteiger charge is -2.27. The molecule has 8 nitrogen and oxygen atoms in total. The Bertz CT molecular complexity index is 715. The van der Waals surface area contributed by atoms with E-state index in [1.54, 1.807) is 12.1 Å². The Morgan fingerprint density at radius 1 is 1.22 bits per heavy atom. The zero-order valence-electron chi connectivity index (χ0n) is 12.2. The first-order chi connectivity index (χ1) is 11.0. The highest BCUT2D eigenvalue weighted by Gasteiger charge is 2.45. The van der Waals surface area contributed by atoms with Gasteiger partial charge in [-0.3, -0.25) is 29.4 Å². The molecule has 0 bridgehead atoms. The molecule has 23 heavy (non-hydrogen) atoms. The number of aliphatic hydroxyl groups excluding tert-OH is 1. The van der Waals surface area contributed by atoms with Crippen molar-refractivity contribution in [2.75, 3.05) is 18.5 Å². The third-order valence-corrected chi connectivity index (χ3v) is 3.90. The molecule has 0 saturated carbocycles. The topological polar surface area (TPSA) is 116 Å². The van der Waals surface area contributed by atoms with E-state index in [4.69, 9.17) is 5.11 Å². The van der Waals surface area contributed by atoms with E-state index >= 15 is 0 Å². The third kappa shape index (κ3) is 2.46. The van der Waals surface area contributed by atoms with Gasteiger partial charge in [0.15, 0.2) is 0 Å². The summed E-state index contributed by atoms with van der Waals surface area (Å²) < 4.78 is 0. The average molecular weight is 317 g/mol. The fraction of sp³-hybridized carbons (Fsp3) is 0.333. The lowest BCUT2D eigenvalue weighted by atomic mass is 10.0. The summed E-state index contributed by atoms with van der Waals surface area (Å²) in [5, 5.41) is 13.9. The van der Waals surface area contributed by atoms with Crippen LogP contribution in [0, 0.1) is 0 Å². The van der Waals surface area contributed by atoms with Crippen LogP contribution in [0.25, 0.3) is 0 Å². The van der Waals surface area contributed by atoms with Gasteiger partial charge in [-0.1, -0.05) is 6.07 Å². The summed E-state index contributed by atoms with van der Waals surface area (Å²) in [6.45, 7) is 0.110. The molecular weight excluding hydrogens is 302 g/mol. The molecule has 1 aromatic carbocycles. The lowest BCUT2D eigenvalue weighted by Crippen LogP contribution is -2.54. The van der Waals surface area contributed by atoms with Gasteiger partial charge >= 0.3 is 0 Å². The molecule has 1 saturated heterocycles. The molecule has 2 aliphatic heterocycles. The smallest absolute Gasteiger partial charge is 0.264 e. The molecule has 0 aromatic heterocycles. The molecule has 120 valence electrons. The van der Waals surface area contributed by atoms with Gasteiger partial charge < -0.3 is 10.4 Å². The molecule has 0 spiro atoms. The van der Waals surface area contributed by atoms with E-state index in [-0.39, 0.29) is 37.1 Å². The summed E-state index contributed by atoms with van der Waals surface area (Å²) in [6, 6.07) is 3.79. The Labute approximate surface area is 131 Å². The van der Waals surface area contributed by atoms with Gasteiger partial charge in [-0.15, -0.1) is 0 Å². The van der Waals surface area contributed by atoms with Crippen molar-refractivity contribution in [1.82, 2.24) is 10.2 Å². The van der Waals surface area contributed by atoms with Gasteiger partial charge in [0.25, 0.3) is 11.8 Å². The maximum atomic E-state index is 12.7. The fourth-order valence-electron chi connectivity index (χ4n) is 2.85. The molecule has 0 radical (unpaired) electrons. The normalized spacial score (nSPS) is 20.6. The van der Waals surface area contributed by atoms with Gasteiger partial charge in [0, 0.05) is 18.7 Å². The highest BCUT2D eigenvalue weighted by atomic mass is 16.3. The zero-order chi connectivity index (χ0) is 16.6. The number of nitrogens with zero attached hydrogens (tertiary/aromatic N) is 1. The van der Waals surface area contributed by atoms with E-state index in [0.29, 0.717) is 5.69 Å². The van der Waals surface area contributed by atoms with Crippen molar-refractivity contribution in [1.29, 1.82) is 0 Å². The number of nitrogens with one attached hydrogen (secondary N) is 2. The minimum atomic E-state index is -0.981. The van der Waals surface area contributed by atoms with Gasteiger partial charge in [-0.05, 0) is 18.6 Å². The van der Waals surface area contributed by atoms with Crippen molar-refractivity contribution in [3.63, 3.8) is 0 Å². The Morgan fingerprint density at radius 3 is 2.70 bits per heavy atom. The Kier molecular flexibility index (Phi) is 3.83. The predicted molar refractivity (Wildman–Crippen MR) is 78.7 cm³/mol. The first kappa shape index (κ1) is 15.2. The molecule has 4 amide bonds. The molecule has 0 aliphatic carbocycles. The van der Waals surface area contributed by atoms with Crippen LogP contribution >= 0.6 is 0 Å². The molecule has 3 rings (SSSR count). The number of hydrogen-bond donors (Lipinski definition) is 3. The Morgan fingerprint density at radius 2 is 2.00 bits per heavy atom. The van der Waals surface area contributed by atoms with E-state index < -0.39 is 29.7 Å². The highest BCUT2D eigenvalue weighted by Crippen LogP contribution is 2.32. The number of anilines is 1. The van der Waals surface area contributed by atoms with E-state index in [1.807, 2.05) is 0 Å². The van der Waals surface area contributed by atoms with Crippen LogP contribution in [0.3, 0.4) is 0 Å². The van der Waals surface area contributed by atoms with Gasteiger partial charge in [-0.25, -0.2) is 0 Å². The largest absolute Gasteiger partial charge is 0.395 e. The standard InChI is InChI=1S/C15H15N3O5/c19-7-6-16-9-3-1-2-8-12(9)15(23)18(14(8)22)10-4-5-11(20)17-13(10)21/h1-3,10,16,19H,4-7H2,(H,17,20,21). The van der Waals surface area contributed by atoms with Crippen molar-refractivity contribution in [2.24, 2.45) is 0 Å². The minimum absolute atomic E-state index is 0.0828. The maximum absolute atomic E-state index is 12.7. The first-order valence-electron chi connectivity index (χ1n) is 7.24. The van der Waals surface area contributed by atoms with Crippen LogP contribution in [-0.2, 0) is 9.59 Å². The molecule has 1 fully saturated rings. The molecular formula is C15H15N3O5. The number of carbonyl (C=O) groups is 4. The number of rotatable bonds is 4. The molecule has 2 aliphatic rings. The van der Waals surface area contributed by atoms with Crippen LogP contribution in [-0.4, -0.2) is 52.8 Å². The highest BCUT2D eigenvalue weighted by molar-refractivity contribution is 6.25. The molecule has 1 atom stereocenters. The number of piperidine rings is 1. The maximum Gasteiger partial charge on any atom is 0.264 e. The second-order valence-electron chi connectivity index (χ2n) is 5.33. The summed E-state index contributed by atoms with van der Waals surface area (Å²) in [4.78, 5) is 49.3. The summed E-state index contributed by atoms with van der Waals surface area (Å²) in [7, 11) is 0. The van der Waals surface area contributed by atoms with Crippen molar-refractivity contribution >= 4 is 29.3 Å². The van der Waals surface area contributed by atoms with Crippen LogP contribution in [0.1, 0.15) is 33.6 Å². The van der Waals surface area contributed by atoms with Gasteiger partial charge in [0.05, 0.1) is 17.7 Å². The van der Waals surface area contributed by atoms with Crippen LogP contribution in [0.4, 0.5) is 5.69 Å². The number of fused-ring (bicyclic) bond motifs is 1. The number of carbonyl (C=O) groups excluding carboxylic acids is 4. The van der Waals surface area contributed by atoms with E-state index in [0.717, 1.165) is 4.90 Å². The number of aliphatic hydroxyl groups is 1. The number of imide groups is 2. The first-order valence-corrected chi connectivity index (χ1v) is 7.24. The second kappa shape index (κ2) is 5.81. The van der Waals surface area contributed by atoms with Crippen LogP contribution in [0.2, 0.25) is 0 Å². The molecule has 2 heterocycles. The number of amides is 4. The monoisotopic (exact) mass is 317 g/mol. The van der Waals surface area contributed by atoms with Crippen LogP contribution in [0.5, 0.6) is 0 Å². The Balaban J connectivity index is 1.94. The van der Waals surface area contributed by atoms with Crippen molar-refractivity contribution in [2.45, 2.75) is 18.9 Å². The van der Waals surface area contributed by atoms with Crippen molar-refractivity contribution in [3.05, 3.63) is 29.3 Å². The van der Waals surface area contributed by atoms with E-state index in [9.17, 15) is 19.2 Å². The zero-order valence-corrected chi connectivity index (χ0v) is 12.2.